The molecule has 0 aliphatic rings. The molecule has 3 aromatic rings. The third-order valence-electron chi connectivity index (χ3n) is 3.33. The van der Waals surface area contributed by atoms with Gasteiger partial charge in [-0.25, -0.2) is 4.68 Å². The van der Waals surface area contributed by atoms with Crippen LogP contribution in [-0.4, -0.2) is 15.7 Å². The maximum Gasteiger partial charge on any atom is 0.244 e. The smallest absolute Gasteiger partial charge is 0.244 e. The molecule has 21 heavy (non-hydrogen) atoms. The van der Waals surface area contributed by atoms with Crippen molar-refractivity contribution in [3.05, 3.63) is 59.8 Å². The van der Waals surface area contributed by atoms with E-state index in [1.807, 2.05) is 49.4 Å². The summed E-state index contributed by atoms with van der Waals surface area (Å²) in [5.41, 5.74) is 2.92. The summed E-state index contributed by atoms with van der Waals surface area (Å²) in [7, 11) is 0. The van der Waals surface area contributed by atoms with E-state index in [2.05, 4.69) is 5.10 Å². The normalized spacial score (nSPS) is 10.8. The van der Waals surface area contributed by atoms with E-state index in [1.165, 1.54) is 11.6 Å². The number of carbonyl (C=O) groups excluding carboxylic acids is 1. The zero-order valence-corrected chi connectivity index (χ0v) is 12.0. The molecule has 0 atom stereocenters. The lowest BCUT2D eigenvalue weighted by Gasteiger charge is -2.09. The molecule has 0 aliphatic carbocycles. The molecule has 0 bridgehead atoms. The highest BCUT2D eigenvalue weighted by molar-refractivity contribution is 5.93. The summed E-state index contributed by atoms with van der Waals surface area (Å²) < 4.78 is 7.32. The first-order valence-electron chi connectivity index (χ1n) is 6.81. The summed E-state index contributed by atoms with van der Waals surface area (Å²) in [4.78, 5) is 11.6. The van der Waals surface area contributed by atoms with Gasteiger partial charge in [-0.3, -0.25) is 4.79 Å². The minimum atomic E-state index is -0.107. The highest BCUT2D eigenvalue weighted by Crippen LogP contribution is 2.28. The van der Waals surface area contributed by atoms with Gasteiger partial charge in [0, 0.05) is 6.92 Å². The highest BCUT2D eigenvalue weighted by atomic mass is 16.5. The number of hydrogen-bond donors (Lipinski definition) is 0. The van der Waals surface area contributed by atoms with Crippen molar-refractivity contribution in [3.63, 3.8) is 0 Å². The van der Waals surface area contributed by atoms with Gasteiger partial charge < -0.3 is 4.74 Å². The number of aryl methyl sites for hydroxylation is 1. The maximum atomic E-state index is 11.6. The summed E-state index contributed by atoms with van der Waals surface area (Å²) in [6, 6.07) is 13.9. The van der Waals surface area contributed by atoms with Crippen LogP contribution >= 0.6 is 0 Å². The quantitative estimate of drug-likeness (QED) is 0.736. The zero-order valence-electron chi connectivity index (χ0n) is 12.0. The molecule has 0 fully saturated rings. The van der Waals surface area contributed by atoms with Gasteiger partial charge in [0.05, 0.1) is 17.1 Å². The molecule has 0 amide bonds. The van der Waals surface area contributed by atoms with Gasteiger partial charge in [-0.05, 0) is 30.2 Å². The molecule has 1 aromatic heterocycles. The third-order valence-corrected chi connectivity index (χ3v) is 3.33. The third kappa shape index (κ3) is 2.65. The average molecular weight is 280 g/mol. The number of fused-ring (bicyclic) bond motifs is 1. The lowest BCUT2D eigenvalue weighted by molar-refractivity contribution is 0.0927. The Kier molecular flexibility index (Phi) is 3.44. The van der Waals surface area contributed by atoms with Crippen LogP contribution in [-0.2, 0) is 6.61 Å². The van der Waals surface area contributed by atoms with Gasteiger partial charge in [0.25, 0.3) is 0 Å². The van der Waals surface area contributed by atoms with Crippen molar-refractivity contribution in [1.29, 1.82) is 0 Å². The van der Waals surface area contributed by atoms with E-state index in [1.54, 1.807) is 6.20 Å². The van der Waals surface area contributed by atoms with Gasteiger partial charge in [-0.15, -0.1) is 0 Å². The number of ether oxygens (including phenoxy) is 1. The van der Waals surface area contributed by atoms with Crippen LogP contribution in [0, 0.1) is 6.92 Å². The molecule has 1 heterocycles. The van der Waals surface area contributed by atoms with Gasteiger partial charge in [0.2, 0.25) is 5.91 Å². The minimum absolute atomic E-state index is 0.107. The Hall–Kier alpha value is -2.62. The second kappa shape index (κ2) is 5.40. The Morgan fingerprint density at radius 2 is 2.00 bits per heavy atom. The van der Waals surface area contributed by atoms with Crippen molar-refractivity contribution >= 4 is 16.8 Å². The van der Waals surface area contributed by atoms with E-state index < -0.39 is 0 Å². The molecule has 0 saturated heterocycles. The molecule has 0 spiro atoms. The molecule has 3 rings (SSSR count). The van der Waals surface area contributed by atoms with Crippen LogP contribution in [0.2, 0.25) is 0 Å². The van der Waals surface area contributed by atoms with Gasteiger partial charge >= 0.3 is 0 Å². The van der Waals surface area contributed by atoms with Crippen LogP contribution in [0.5, 0.6) is 5.75 Å². The summed E-state index contributed by atoms with van der Waals surface area (Å²) in [6.07, 6.45) is 1.68. The first-order valence-corrected chi connectivity index (χ1v) is 6.81. The van der Waals surface area contributed by atoms with Crippen molar-refractivity contribution in [2.75, 3.05) is 0 Å². The van der Waals surface area contributed by atoms with Crippen LogP contribution < -0.4 is 4.74 Å². The summed E-state index contributed by atoms with van der Waals surface area (Å²) >= 11 is 0. The number of carbonyl (C=O) groups is 1. The Labute approximate surface area is 123 Å². The fourth-order valence-electron chi connectivity index (χ4n) is 2.33. The van der Waals surface area contributed by atoms with Crippen molar-refractivity contribution in [2.24, 2.45) is 0 Å². The largest absolute Gasteiger partial charge is 0.488 e. The molecule has 0 radical (unpaired) electrons. The van der Waals surface area contributed by atoms with Crippen molar-refractivity contribution in [2.45, 2.75) is 20.5 Å². The number of hydrogen-bond acceptors (Lipinski definition) is 3. The fraction of sp³-hybridized carbons (Fsp3) is 0.176. The predicted octanol–water partition coefficient (Wildman–Crippen LogP) is 3.58. The highest BCUT2D eigenvalue weighted by Gasteiger charge is 2.12. The van der Waals surface area contributed by atoms with Crippen molar-refractivity contribution in [3.8, 4) is 5.75 Å². The lowest BCUT2D eigenvalue weighted by Crippen LogP contribution is -2.06. The van der Waals surface area contributed by atoms with E-state index in [9.17, 15) is 4.79 Å². The van der Waals surface area contributed by atoms with E-state index in [0.29, 0.717) is 6.61 Å². The number of nitrogens with zero attached hydrogens (tertiary/aromatic N) is 2. The fourth-order valence-corrected chi connectivity index (χ4v) is 2.33. The standard InChI is InChI=1S/C17H16N2O2/c1-12-8-16-15(10-18-19(16)13(2)20)17(9-12)21-11-14-6-4-3-5-7-14/h3-10H,11H2,1-2H3. The molecular weight excluding hydrogens is 264 g/mol. The van der Waals surface area contributed by atoms with Gasteiger partial charge in [-0.2, -0.15) is 5.10 Å². The summed E-state index contributed by atoms with van der Waals surface area (Å²) in [5, 5.41) is 4.99. The maximum absolute atomic E-state index is 11.6. The Balaban J connectivity index is 1.97. The monoisotopic (exact) mass is 280 g/mol. The Bertz CT molecular complexity index is 791. The first kappa shape index (κ1) is 13.4. The molecule has 0 saturated carbocycles. The van der Waals surface area contributed by atoms with Gasteiger partial charge in [-0.1, -0.05) is 30.3 Å². The number of benzene rings is 2. The van der Waals surface area contributed by atoms with Crippen LogP contribution in [0.25, 0.3) is 10.9 Å². The zero-order chi connectivity index (χ0) is 14.8. The first-order chi connectivity index (χ1) is 10.1. The van der Waals surface area contributed by atoms with Crippen LogP contribution in [0.3, 0.4) is 0 Å². The molecule has 0 aliphatic heterocycles. The molecule has 4 heteroatoms. The molecule has 106 valence electrons. The minimum Gasteiger partial charge on any atom is -0.488 e. The van der Waals surface area contributed by atoms with Gasteiger partial charge in [0.1, 0.15) is 12.4 Å². The summed E-state index contributed by atoms with van der Waals surface area (Å²) in [5.74, 6) is 0.644. The Morgan fingerprint density at radius 1 is 1.24 bits per heavy atom. The molecule has 0 N–H and O–H groups in total. The second-order valence-electron chi connectivity index (χ2n) is 5.05. The lowest BCUT2D eigenvalue weighted by atomic mass is 10.1. The van der Waals surface area contributed by atoms with Crippen molar-refractivity contribution < 1.29 is 9.53 Å². The van der Waals surface area contributed by atoms with Crippen LogP contribution in [0.1, 0.15) is 22.8 Å². The average Bonchev–Trinajstić information content (AvgIpc) is 2.89. The predicted molar refractivity (Wildman–Crippen MR) is 81.5 cm³/mol. The van der Waals surface area contributed by atoms with E-state index in [-0.39, 0.29) is 5.91 Å². The summed E-state index contributed by atoms with van der Waals surface area (Å²) in [6.45, 7) is 3.97. The van der Waals surface area contributed by atoms with Gasteiger partial charge in [0.15, 0.2) is 0 Å². The van der Waals surface area contributed by atoms with Crippen LogP contribution in [0.15, 0.2) is 48.7 Å². The molecule has 4 nitrogen and oxygen atoms in total. The second-order valence-corrected chi connectivity index (χ2v) is 5.05. The molecule has 0 unspecified atom stereocenters. The SMILES string of the molecule is CC(=O)n1ncc2c(OCc3ccccc3)cc(C)cc21. The molecular formula is C17H16N2O2. The number of rotatable bonds is 3. The van der Waals surface area contributed by atoms with E-state index in [4.69, 9.17) is 4.74 Å². The topological polar surface area (TPSA) is 44.1 Å². The molecule has 2 aromatic carbocycles. The van der Waals surface area contributed by atoms with Crippen LogP contribution in [0.4, 0.5) is 0 Å². The Morgan fingerprint density at radius 3 is 2.71 bits per heavy atom. The van der Waals surface area contributed by atoms with E-state index >= 15 is 0 Å². The number of aromatic nitrogens is 2. The van der Waals surface area contributed by atoms with Crippen molar-refractivity contribution in [1.82, 2.24) is 9.78 Å². The van der Waals surface area contributed by atoms with E-state index in [0.717, 1.165) is 27.8 Å².